The number of hydrogen-bond acceptors (Lipinski definition) is 5. The number of halogens is 1. The highest BCUT2D eigenvalue weighted by Crippen LogP contribution is 2.21. The van der Waals surface area contributed by atoms with Crippen LogP contribution in [0.15, 0.2) is 18.2 Å². The molecule has 1 aromatic rings. The molecule has 0 heterocycles. The lowest BCUT2D eigenvalue weighted by molar-refractivity contribution is -0.137. The van der Waals surface area contributed by atoms with Crippen LogP contribution >= 0.6 is 11.6 Å². The van der Waals surface area contributed by atoms with Crippen LogP contribution < -0.4 is 5.73 Å². The van der Waals surface area contributed by atoms with Gasteiger partial charge in [0, 0.05) is 24.3 Å². The van der Waals surface area contributed by atoms with Crippen LogP contribution in [0.3, 0.4) is 0 Å². The van der Waals surface area contributed by atoms with Gasteiger partial charge in [0.1, 0.15) is 0 Å². The minimum atomic E-state index is -3.74. The first-order valence-corrected chi connectivity index (χ1v) is 7.29. The van der Waals surface area contributed by atoms with Crippen LogP contribution in [0.1, 0.15) is 5.56 Å². The summed E-state index contributed by atoms with van der Waals surface area (Å²) >= 11 is 5.95. The fourth-order valence-electron chi connectivity index (χ4n) is 1.37. The Balaban J connectivity index is 2.87. The Morgan fingerprint density at radius 2 is 2.11 bits per heavy atom. The second kappa shape index (κ2) is 6.23. The molecule has 0 atom stereocenters. The fourth-order valence-corrected chi connectivity index (χ4v) is 2.52. The minimum absolute atomic E-state index is 0.0310. The van der Waals surface area contributed by atoms with Crippen molar-refractivity contribution in [1.29, 1.82) is 0 Å². The van der Waals surface area contributed by atoms with Gasteiger partial charge in [-0.25, -0.2) is 12.7 Å². The molecule has 0 aliphatic rings. The summed E-state index contributed by atoms with van der Waals surface area (Å²) in [6, 6.07) is 4.80. The van der Waals surface area contributed by atoms with Gasteiger partial charge in [-0.2, -0.15) is 0 Å². The Morgan fingerprint density at radius 3 is 2.68 bits per heavy atom. The summed E-state index contributed by atoms with van der Waals surface area (Å²) in [6.07, 6.45) is 0. The molecular formula is C11H15ClN2O4S. The molecule has 0 aliphatic carbocycles. The summed E-state index contributed by atoms with van der Waals surface area (Å²) in [7, 11) is -1.25. The topological polar surface area (TPSA) is 89.7 Å². The second-order valence-corrected chi connectivity index (χ2v) is 6.42. The molecule has 0 aromatic heterocycles. The van der Waals surface area contributed by atoms with Gasteiger partial charge in [-0.3, -0.25) is 4.79 Å². The molecule has 0 saturated carbocycles. The maximum Gasteiger partial charge on any atom is 0.322 e. The minimum Gasteiger partial charge on any atom is -0.468 e. The van der Waals surface area contributed by atoms with Crippen molar-refractivity contribution < 1.29 is 17.9 Å². The zero-order valence-corrected chi connectivity index (χ0v) is 12.2. The zero-order chi connectivity index (χ0) is 14.6. The van der Waals surface area contributed by atoms with Crippen molar-refractivity contribution in [1.82, 2.24) is 4.31 Å². The Hall–Kier alpha value is -1.31. The van der Waals surface area contributed by atoms with Crippen molar-refractivity contribution in [3.63, 3.8) is 0 Å². The van der Waals surface area contributed by atoms with Crippen molar-refractivity contribution in [2.24, 2.45) is 0 Å². The van der Waals surface area contributed by atoms with E-state index in [9.17, 15) is 13.2 Å². The first-order chi connectivity index (χ1) is 8.76. The van der Waals surface area contributed by atoms with Crippen LogP contribution in [0.25, 0.3) is 0 Å². The summed E-state index contributed by atoms with van der Waals surface area (Å²) in [4.78, 5) is 11.0. The van der Waals surface area contributed by atoms with E-state index in [1.54, 1.807) is 18.2 Å². The van der Waals surface area contributed by atoms with Gasteiger partial charge in [-0.15, -0.1) is 0 Å². The third-order valence-electron chi connectivity index (χ3n) is 2.47. The van der Waals surface area contributed by atoms with Gasteiger partial charge < -0.3 is 10.5 Å². The van der Waals surface area contributed by atoms with Crippen molar-refractivity contribution in [3.8, 4) is 0 Å². The maximum atomic E-state index is 11.9. The molecule has 6 nitrogen and oxygen atoms in total. The average Bonchev–Trinajstić information content (AvgIpc) is 2.33. The van der Waals surface area contributed by atoms with Gasteiger partial charge in [-0.1, -0.05) is 11.6 Å². The third kappa shape index (κ3) is 4.38. The summed E-state index contributed by atoms with van der Waals surface area (Å²) < 4.78 is 29.1. The number of nitrogen functional groups attached to an aromatic ring is 1. The first kappa shape index (κ1) is 15.7. The largest absolute Gasteiger partial charge is 0.468 e. The number of anilines is 1. The lowest BCUT2D eigenvalue weighted by Gasteiger charge is -2.17. The second-order valence-electron chi connectivity index (χ2n) is 3.94. The molecule has 0 spiro atoms. The van der Waals surface area contributed by atoms with Gasteiger partial charge in [0.25, 0.3) is 0 Å². The molecule has 1 rings (SSSR count). The van der Waals surface area contributed by atoms with Gasteiger partial charge in [0.05, 0.1) is 7.11 Å². The molecule has 1 aromatic carbocycles. The smallest absolute Gasteiger partial charge is 0.322 e. The average molecular weight is 307 g/mol. The van der Waals surface area contributed by atoms with Crippen LogP contribution in [-0.4, -0.2) is 38.6 Å². The number of methoxy groups -OCH3 is 1. The van der Waals surface area contributed by atoms with Gasteiger partial charge >= 0.3 is 5.97 Å². The Bertz CT molecular complexity index is 574. The molecule has 0 radical (unpaired) electrons. The number of benzene rings is 1. The van der Waals surface area contributed by atoms with Crippen LogP contribution in [0.4, 0.5) is 5.69 Å². The van der Waals surface area contributed by atoms with Crippen LogP contribution in [-0.2, 0) is 26.1 Å². The molecular weight excluding hydrogens is 292 g/mol. The molecule has 0 aliphatic heterocycles. The number of carbonyl (C=O) groups is 1. The van der Waals surface area contributed by atoms with Crippen LogP contribution in [0, 0.1) is 0 Å². The van der Waals surface area contributed by atoms with Crippen molar-refractivity contribution in [3.05, 3.63) is 28.8 Å². The lowest BCUT2D eigenvalue weighted by Crippen LogP contribution is -2.32. The van der Waals surface area contributed by atoms with Gasteiger partial charge in [-0.05, 0) is 23.8 Å². The summed E-state index contributed by atoms with van der Waals surface area (Å²) in [5, 5.41) is 0.411. The van der Waals surface area contributed by atoms with Gasteiger partial charge in [0.2, 0.25) is 10.0 Å². The normalized spacial score (nSPS) is 11.6. The Kier molecular flexibility index (Phi) is 5.16. The third-order valence-corrected chi connectivity index (χ3v) is 4.51. The van der Waals surface area contributed by atoms with Crippen molar-refractivity contribution in [2.45, 2.75) is 6.54 Å². The number of ether oxygens (including phenoxy) is 1. The monoisotopic (exact) mass is 306 g/mol. The molecule has 106 valence electrons. The number of hydrogen-bond donors (Lipinski definition) is 1. The highest BCUT2D eigenvalue weighted by molar-refractivity contribution is 7.89. The molecule has 8 heteroatoms. The fraction of sp³-hybridized carbons (Fsp3) is 0.364. The zero-order valence-electron chi connectivity index (χ0n) is 10.6. The molecule has 0 unspecified atom stereocenters. The molecule has 0 fully saturated rings. The SMILES string of the molecule is COC(=O)CS(=O)(=O)N(C)Cc1cc(N)ccc1Cl. The number of nitrogens with zero attached hydrogens (tertiary/aromatic N) is 1. The quantitative estimate of drug-likeness (QED) is 0.643. The standard InChI is InChI=1S/C11H15ClN2O4S/c1-14(19(16,17)7-11(15)18-2)6-8-5-9(13)3-4-10(8)12/h3-5H,6-7,13H2,1-2H3. The van der Waals surface area contributed by atoms with Gasteiger partial charge in [0.15, 0.2) is 5.75 Å². The Labute approximate surface area is 117 Å². The Morgan fingerprint density at radius 1 is 1.47 bits per heavy atom. The molecule has 0 bridgehead atoms. The highest BCUT2D eigenvalue weighted by atomic mass is 35.5. The molecule has 0 amide bonds. The maximum absolute atomic E-state index is 11.9. The van der Waals surface area contributed by atoms with E-state index in [2.05, 4.69) is 4.74 Å². The van der Waals surface area contributed by atoms with E-state index in [0.717, 1.165) is 11.4 Å². The number of esters is 1. The molecule has 0 saturated heterocycles. The van der Waals surface area contributed by atoms with E-state index in [-0.39, 0.29) is 6.54 Å². The summed E-state index contributed by atoms with van der Waals surface area (Å²) in [5.74, 6) is -1.52. The van der Waals surface area contributed by atoms with Crippen molar-refractivity contribution >= 4 is 33.3 Å². The number of sulfonamides is 1. The van der Waals surface area contributed by atoms with E-state index in [0.29, 0.717) is 16.3 Å². The molecule has 19 heavy (non-hydrogen) atoms. The van der Waals surface area contributed by atoms with Crippen LogP contribution in [0.5, 0.6) is 0 Å². The highest BCUT2D eigenvalue weighted by Gasteiger charge is 2.23. The van der Waals surface area contributed by atoms with E-state index in [4.69, 9.17) is 17.3 Å². The molecule has 2 N–H and O–H groups in total. The lowest BCUT2D eigenvalue weighted by atomic mass is 10.2. The number of rotatable bonds is 5. The number of carbonyl (C=O) groups excluding carboxylic acids is 1. The summed E-state index contributed by atoms with van der Waals surface area (Å²) in [6.45, 7) is 0.0310. The first-order valence-electron chi connectivity index (χ1n) is 5.31. The van der Waals surface area contributed by atoms with E-state index in [1.807, 2.05) is 0 Å². The van der Waals surface area contributed by atoms with E-state index < -0.39 is 21.7 Å². The predicted octanol–water partition coefficient (Wildman–Crippen LogP) is 0.857. The van der Waals surface area contributed by atoms with Crippen molar-refractivity contribution in [2.75, 3.05) is 25.6 Å². The van der Waals surface area contributed by atoms with E-state index >= 15 is 0 Å². The van der Waals surface area contributed by atoms with Crippen LogP contribution in [0.2, 0.25) is 5.02 Å². The number of nitrogens with two attached hydrogens (primary N) is 1. The summed E-state index contributed by atoms with van der Waals surface area (Å²) in [5.41, 5.74) is 6.67. The predicted molar refractivity (Wildman–Crippen MR) is 73.1 cm³/mol. The van der Waals surface area contributed by atoms with E-state index in [1.165, 1.54) is 7.05 Å².